The van der Waals surface area contributed by atoms with E-state index in [2.05, 4.69) is 13.2 Å². The van der Waals surface area contributed by atoms with E-state index in [9.17, 15) is 22.6 Å². The molecule has 9 heteroatoms. The summed E-state index contributed by atoms with van der Waals surface area (Å²) in [7, 11) is -5.00. The predicted octanol–water partition coefficient (Wildman–Crippen LogP) is 3.74. The Bertz CT molecular complexity index is 928. The van der Waals surface area contributed by atoms with Crippen molar-refractivity contribution >= 4 is 22.1 Å². The van der Waals surface area contributed by atoms with Gasteiger partial charge in [0.15, 0.2) is 0 Å². The SMILES string of the molecule is C=CCCCCCCCCOC(=O)c1cccc(S(=O)(=O)[O-])c1C(=O)OCCCCCCCCC=C.[Na+]. The summed E-state index contributed by atoms with van der Waals surface area (Å²) in [6.07, 6.45) is 17.5. The second kappa shape index (κ2) is 21.5. The fourth-order valence-corrected chi connectivity index (χ4v) is 4.48. The molecule has 0 heterocycles. The molecule has 37 heavy (non-hydrogen) atoms. The first-order valence-electron chi connectivity index (χ1n) is 13.0. The molecule has 0 bridgehead atoms. The van der Waals surface area contributed by atoms with Crippen LogP contribution < -0.4 is 29.6 Å². The molecule has 0 aliphatic rings. The number of allylic oxidation sites excluding steroid dienone is 2. The van der Waals surface area contributed by atoms with E-state index in [1.165, 1.54) is 12.1 Å². The number of ether oxygens (including phenoxy) is 2. The van der Waals surface area contributed by atoms with Gasteiger partial charge in [-0.15, -0.1) is 13.2 Å². The van der Waals surface area contributed by atoms with Crippen LogP contribution in [0.3, 0.4) is 0 Å². The fraction of sp³-hybridized carbons (Fsp3) is 0.571. The van der Waals surface area contributed by atoms with Crippen molar-refractivity contribution in [3.63, 3.8) is 0 Å². The molecule has 0 aliphatic heterocycles. The Labute approximate surface area is 245 Å². The van der Waals surface area contributed by atoms with Crippen molar-refractivity contribution in [1.82, 2.24) is 0 Å². The van der Waals surface area contributed by atoms with E-state index in [0.717, 1.165) is 83.1 Å². The van der Waals surface area contributed by atoms with Gasteiger partial charge in [-0.25, -0.2) is 18.0 Å². The van der Waals surface area contributed by atoms with E-state index >= 15 is 0 Å². The van der Waals surface area contributed by atoms with Gasteiger partial charge in [0.2, 0.25) is 0 Å². The average Bonchev–Trinajstić information content (AvgIpc) is 2.85. The van der Waals surface area contributed by atoms with Gasteiger partial charge in [0.1, 0.15) is 10.1 Å². The summed E-state index contributed by atoms with van der Waals surface area (Å²) >= 11 is 0. The Morgan fingerprint density at radius 3 is 1.62 bits per heavy atom. The molecule has 0 spiro atoms. The summed E-state index contributed by atoms with van der Waals surface area (Å²) in [5.74, 6) is -1.86. The van der Waals surface area contributed by atoms with E-state index in [1.54, 1.807) is 0 Å². The number of hydrogen-bond donors (Lipinski definition) is 0. The minimum Gasteiger partial charge on any atom is -0.744 e. The van der Waals surface area contributed by atoms with Crippen LogP contribution in [-0.4, -0.2) is 38.1 Å². The third-order valence-corrected chi connectivity index (χ3v) is 6.67. The molecule has 0 saturated heterocycles. The zero-order chi connectivity index (χ0) is 26.7. The van der Waals surface area contributed by atoms with Crippen molar-refractivity contribution in [2.24, 2.45) is 0 Å². The summed E-state index contributed by atoms with van der Waals surface area (Å²) in [5.41, 5.74) is -0.826. The van der Waals surface area contributed by atoms with Crippen LogP contribution >= 0.6 is 0 Å². The molecule has 1 rings (SSSR count). The molecule has 0 radical (unpaired) electrons. The van der Waals surface area contributed by atoms with Gasteiger partial charge in [-0.3, -0.25) is 0 Å². The second-order valence-corrected chi connectivity index (χ2v) is 10.2. The Morgan fingerprint density at radius 1 is 0.730 bits per heavy atom. The van der Waals surface area contributed by atoms with Crippen molar-refractivity contribution in [3.05, 3.63) is 54.6 Å². The fourth-order valence-electron chi connectivity index (χ4n) is 3.80. The smallest absolute Gasteiger partial charge is 0.744 e. The summed E-state index contributed by atoms with van der Waals surface area (Å²) < 4.78 is 45.8. The van der Waals surface area contributed by atoms with Crippen molar-refractivity contribution < 1.29 is 61.6 Å². The molecule has 202 valence electrons. The first kappa shape index (κ1) is 35.5. The molecule has 0 amide bonds. The first-order chi connectivity index (χ1) is 17.3. The van der Waals surface area contributed by atoms with Crippen LogP contribution in [0.25, 0.3) is 0 Å². The zero-order valence-electron chi connectivity index (χ0n) is 22.4. The summed E-state index contributed by atoms with van der Waals surface area (Å²) in [4.78, 5) is 24.6. The quantitative estimate of drug-likeness (QED) is 0.0762. The van der Waals surface area contributed by atoms with Crippen molar-refractivity contribution in [2.45, 2.75) is 94.8 Å². The van der Waals surface area contributed by atoms with Crippen LogP contribution in [0, 0.1) is 0 Å². The number of unbranched alkanes of at least 4 members (excludes halogenated alkanes) is 12. The monoisotopic (exact) mass is 544 g/mol. The molecule has 1 aromatic carbocycles. The first-order valence-corrected chi connectivity index (χ1v) is 14.4. The minimum absolute atomic E-state index is 0. The Balaban J connectivity index is 0.0000130. The van der Waals surface area contributed by atoms with Gasteiger partial charge in [0.05, 0.1) is 29.2 Å². The van der Waals surface area contributed by atoms with E-state index in [1.807, 2.05) is 12.2 Å². The zero-order valence-corrected chi connectivity index (χ0v) is 25.2. The summed E-state index contributed by atoms with van der Waals surface area (Å²) in [6.45, 7) is 7.61. The number of hydrogen-bond acceptors (Lipinski definition) is 7. The van der Waals surface area contributed by atoms with E-state index in [4.69, 9.17) is 9.47 Å². The van der Waals surface area contributed by atoms with Crippen LogP contribution in [0.4, 0.5) is 0 Å². The Morgan fingerprint density at radius 2 is 1.16 bits per heavy atom. The molecule has 0 aliphatic carbocycles. The van der Waals surface area contributed by atoms with Crippen LogP contribution in [-0.2, 0) is 19.6 Å². The van der Waals surface area contributed by atoms with Gasteiger partial charge in [0.25, 0.3) is 0 Å². The summed E-state index contributed by atoms with van der Waals surface area (Å²) in [5, 5.41) is 0. The predicted molar refractivity (Wildman–Crippen MR) is 140 cm³/mol. The molecule has 0 unspecified atom stereocenters. The van der Waals surface area contributed by atoms with Gasteiger partial charge in [0, 0.05) is 0 Å². The largest absolute Gasteiger partial charge is 1.00 e. The number of esters is 2. The number of benzene rings is 1. The van der Waals surface area contributed by atoms with E-state index in [0.29, 0.717) is 12.8 Å². The molecular weight excluding hydrogens is 503 g/mol. The molecule has 0 aromatic heterocycles. The number of carbonyl (C=O) groups excluding carboxylic acids is 2. The van der Waals surface area contributed by atoms with Gasteiger partial charge >= 0.3 is 41.5 Å². The van der Waals surface area contributed by atoms with Gasteiger partial charge in [-0.2, -0.15) is 0 Å². The number of carbonyl (C=O) groups is 2. The van der Waals surface area contributed by atoms with Crippen LogP contribution in [0.2, 0.25) is 0 Å². The maximum atomic E-state index is 12.7. The Kier molecular flexibility index (Phi) is 20.6. The second-order valence-electron chi connectivity index (χ2n) is 8.80. The van der Waals surface area contributed by atoms with Crippen molar-refractivity contribution in [1.29, 1.82) is 0 Å². The van der Waals surface area contributed by atoms with Crippen molar-refractivity contribution in [2.75, 3.05) is 13.2 Å². The molecule has 0 atom stereocenters. The maximum absolute atomic E-state index is 12.7. The number of rotatable bonds is 21. The van der Waals surface area contributed by atoms with Gasteiger partial charge in [-0.05, 0) is 50.7 Å². The summed E-state index contributed by atoms with van der Waals surface area (Å²) in [6, 6.07) is 3.52. The average molecular weight is 545 g/mol. The maximum Gasteiger partial charge on any atom is 1.00 e. The van der Waals surface area contributed by atoms with Gasteiger partial charge < -0.3 is 14.0 Å². The molecule has 0 saturated carbocycles. The third-order valence-electron chi connectivity index (χ3n) is 5.79. The molecule has 0 N–H and O–H groups in total. The minimum atomic E-state index is -5.00. The van der Waals surface area contributed by atoms with Crippen LogP contribution in [0.15, 0.2) is 48.4 Å². The Hall–Kier alpha value is -1.45. The van der Waals surface area contributed by atoms with E-state index in [-0.39, 0.29) is 48.3 Å². The van der Waals surface area contributed by atoms with Crippen LogP contribution in [0.1, 0.15) is 111 Å². The normalized spacial score (nSPS) is 10.8. The topological polar surface area (TPSA) is 110 Å². The van der Waals surface area contributed by atoms with E-state index < -0.39 is 32.5 Å². The van der Waals surface area contributed by atoms with Crippen LogP contribution in [0.5, 0.6) is 0 Å². The standard InChI is InChI=1S/C28H42O7S.Na/c1-3-5-7-9-11-13-15-17-22-34-27(29)24-20-19-21-25(36(31,32)33)26(24)28(30)35-23-18-16-14-12-10-8-6-4-2;/h3-4,19-21H,1-2,5-18,22-23H2,(H,31,32,33);/q;+1/p-1. The van der Waals surface area contributed by atoms with Crippen molar-refractivity contribution in [3.8, 4) is 0 Å². The molecular formula is C28H41NaO7S. The molecule has 1 aromatic rings. The van der Waals surface area contributed by atoms with Gasteiger partial charge in [-0.1, -0.05) is 69.6 Å². The molecule has 0 fully saturated rings. The molecule has 7 nitrogen and oxygen atoms in total. The third kappa shape index (κ3) is 15.5.